The first-order chi connectivity index (χ1) is 6.60. The van der Waals surface area contributed by atoms with E-state index in [1.807, 2.05) is 13.8 Å². The Bertz CT molecular complexity index is 174. The topological polar surface area (TPSA) is 52.5 Å². The molecule has 0 aromatic carbocycles. The summed E-state index contributed by atoms with van der Waals surface area (Å²) in [4.78, 5) is 0. The van der Waals surface area contributed by atoms with Crippen molar-refractivity contribution < 1.29 is 10.2 Å². The lowest BCUT2D eigenvalue weighted by Gasteiger charge is -2.26. The highest BCUT2D eigenvalue weighted by Crippen LogP contribution is 2.44. The molecule has 0 aliphatic heterocycles. The lowest BCUT2D eigenvalue weighted by atomic mass is 9.97. The van der Waals surface area contributed by atoms with Gasteiger partial charge in [-0.15, -0.1) is 0 Å². The van der Waals surface area contributed by atoms with Gasteiger partial charge in [-0.2, -0.15) is 0 Å². The van der Waals surface area contributed by atoms with Crippen LogP contribution < -0.4 is 5.32 Å². The quantitative estimate of drug-likeness (QED) is 0.573. The van der Waals surface area contributed by atoms with Crippen LogP contribution in [0.25, 0.3) is 0 Å². The predicted octanol–water partition coefficient (Wildman–Crippen LogP) is 0.900. The van der Waals surface area contributed by atoms with E-state index in [1.54, 1.807) is 0 Å². The van der Waals surface area contributed by atoms with Crippen LogP contribution in [0.3, 0.4) is 0 Å². The molecule has 0 bridgehead atoms. The highest BCUT2D eigenvalue weighted by atomic mass is 16.3. The number of aliphatic hydroxyl groups is 2. The third-order valence-corrected chi connectivity index (χ3v) is 3.56. The summed E-state index contributed by atoms with van der Waals surface area (Å²) in [6, 6.07) is 0. The van der Waals surface area contributed by atoms with Crippen LogP contribution >= 0.6 is 0 Å². The van der Waals surface area contributed by atoms with Gasteiger partial charge in [-0.25, -0.2) is 0 Å². The van der Waals surface area contributed by atoms with Gasteiger partial charge in [0.05, 0.1) is 5.60 Å². The maximum Gasteiger partial charge on any atom is 0.0766 e. The van der Waals surface area contributed by atoms with Crippen LogP contribution in [-0.2, 0) is 0 Å². The van der Waals surface area contributed by atoms with Crippen molar-refractivity contribution in [3.63, 3.8) is 0 Å². The highest BCUT2D eigenvalue weighted by molar-refractivity contribution is 4.95. The Morgan fingerprint density at radius 1 is 1.29 bits per heavy atom. The van der Waals surface area contributed by atoms with E-state index in [0.29, 0.717) is 6.54 Å². The smallest absolute Gasteiger partial charge is 0.0766 e. The fourth-order valence-electron chi connectivity index (χ4n) is 1.63. The van der Waals surface area contributed by atoms with Crippen molar-refractivity contribution in [2.75, 3.05) is 19.7 Å². The maximum atomic E-state index is 9.99. The van der Waals surface area contributed by atoms with Gasteiger partial charge in [0.15, 0.2) is 0 Å². The standard InChI is InChI=1S/C11H23NO2/c1-3-11(14,4-2)8-12-7-10(9-13)5-6-10/h12-14H,3-9H2,1-2H3. The summed E-state index contributed by atoms with van der Waals surface area (Å²) < 4.78 is 0. The van der Waals surface area contributed by atoms with Crippen molar-refractivity contribution in [3.05, 3.63) is 0 Å². The Morgan fingerprint density at radius 3 is 2.21 bits per heavy atom. The highest BCUT2D eigenvalue weighted by Gasteiger charge is 2.41. The maximum absolute atomic E-state index is 9.99. The molecule has 0 aromatic heterocycles. The molecule has 1 rings (SSSR count). The Morgan fingerprint density at radius 2 is 1.86 bits per heavy atom. The van der Waals surface area contributed by atoms with E-state index in [2.05, 4.69) is 5.32 Å². The van der Waals surface area contributed by atoms with Crippen molar-refractivity contribution in [1.29, 1.82) is 0 Å². The summed E-state index contributed by atoms with van der Waals surface area (Å²) in [6.45, 7) is 5.76. The van der Waals surface area contributed by atoms with Gasteiger partial charge < -0.3 is 15.5 Å². The largest absolute Gasteiger partial charge is 0.396 e. The fraction of sp³-hybridized carbons (Fsp3) is 1.00. The average Bonchev–Trinajstić information content (AvgIpc) is 2.98. The Kier molecular flexibility index (Phi) is 3.93. The molecular weight excluding hydrogens is 178 g/mol. The average molecular weight is 201 g/mol. The van der Waals surface area contributed by atoms with Gasteiger partial charge in [-0.05, 0) is 25.7 Å². The van der Waals surface area contributed by atoms with Gasteiger partial charge in [0.25, 0.3) is 0 Å². The third kappa shape index (κ3) is 2.94. The zero-order valence-corrected chi connectivity index (χ0v) is 9.34. The molecule has 3 nitrogen and oxygen atoms in total. The minimum absolute atomic E-state index is 0.141. The van der Waals surface area contributed by atoms with E-state index < -0.39 is 5.60 Å². The molecule has 1 aliphatic rings. The van der Waals surface area contributed by atoms with Crippen molar-refractivity contribution in [3.8, 4) is 0 Å². The molecule has 14 heavy (non-hydrogen) atoms. The van der Waals surface area contributed by atoms with Crippen LogP contribution in [0.4, 0.5) is 0 Å². The van der Waals surface area contributed by atoms with Crippen LogP contribution in [0.1, 0.15) is 39.5 Å². The van der Waals surface area contributed by atoms with Crippen LogP contribution in [0, 0.1) is 5.41 Å². The summed E-state index contributed by atoms with van der Waals surface area (Å²) in [6.07, 6.45) is 3.80. The molecule has 0 heterocycles. The van der Waals surface area contributed by atoms with Crippen molar-refractivity contribution in [2.24, 2.45) is 5.41 Å². The first-order valence-electron chi connectivity index (χ1n) is 5.64. The van der Waals surface area contributed by atoms with Gasteiger partial charge in [-0.3, -0.25) is 0 Å². The van der Waals surface area contributed by atoms with E-state index in [-0.39, 0.29) is 12.0 Å². The molecule has 1 saturated carbocycles. The molecule has 1 fully saturated rings. The minimum atomic E-state index is -0.564. The van der Waals surface area contributed by atoms with Gasteiger partial charge in [-0.1, -0.05) is 13.8 Å². The third-order valence-electron chi connectivity index (χ3n) is 3.56. The van der Waals surface area contributed by atoms with Gasteiger partial charge in [0, 0.05) is 25.1 Å². The molecule has 84 valence electrons. The Hall–Kier alpha value is -0.120. The van der Waals surface area contributed by atoms with Gasteiger partial charge in [0.2, 0.25) is 0 Å². The summed E-state index contributed by atoms with van der Waals surface area (Å²) >= 11 is 0. The molecule has 3 N–H and O–H groups in total. The SMILES string of the molecule is CCC(O)(CC)CNCC1(CO)CC1. The minimum Gasteiger partial charge on any atom is -0.396 e. The summed E-state index contributed by atoms with van der Waals surface area (Å²) in [5.74, 6) is 0. The van der Waals surface area contributed by atoms with Crippen LogP contribution in [0.5, 0.6) is 0 Å². The first kappa shape index (κ1) is 12.0. The normalized spacial score (nSPS) is 19.7. The second-order valence-electron chi connectivity index (χ2n) is 4.69. The Labute approximate surface area is 86.5 Å². The molecule has 0 radical (unpaired) electrons. The second kappa shape index (κ2) is 4.60. The summed E-state index contributed by atoms with van der Waals surface area (Å²) in [5, 5.41) is 22.4. The molecule has 0 spiro atoms. The summed E-state index contributed by atoms with van der Waals surface area (Å²) in [7, 11) is 0. The van der Waals surface area contributed by atoms with Gasteiger partial charge in [0.1, 0.15) is 0 Å². The van der Waals surface area contributed by atoms with Crippen molar-refractivity contribution in [2.45, 2.75) is 45.1 Å². The van der Waals surface area contributed by atoms with Crippen LogP contribution in [0.15, 0.2) is 0 Å². The monoisotopic (exact) mass is 201 g/mol. The number of hydrogen-bond acceptors (Lipinski definition) is 3. The van der Waals surface area contributed by atoms with Crippen molar-refractivity contribution in [1.82, 2.24) is 5.32 Å². The molecule has 0 aromatic rings. The molecule has 0 saturated heterocycles. The summed E-state index contributed by atoms with van der Waals surface area (Å²) in [5.41, 5.74) is -0.423. The molecule has 1 aliphatic carbocycles. The molecule has 0 unspecified atom stereocenters. The number of aliphatic hydroxyl groups excluding tert-OH is 1. The van der Waals surface area contributed by atoms with E-state index in [1.165, 1.54) is 0 Å². The molecular formula is C11H23NO2. The molecule has 3 heteroatoms. The Balaban J connectivity index is 2.20. The molecule has 0 amide bonds. The molecule has 0 atom stereocenters. The fourth-order valence-corrected chi connectivity index (χ4v) is 1.63. The lowest BCUT2D eigenvalue weighted by molar-refractivity contribution is 0.0305. The van der Waals surface area contributed by atoms with E-state index in [0.717, 1.165) is 32.2 Å². The second-order valence-corrected chi connectivity index (χ2v) is 4.69. The van der Waals surface area contributed by atoms with Gasteiger partial charge >= 0.3 is 0 Å². The number of hydrogen-bond donors (Lipinski definition) is 3. The van der Waals surface area contributed by atoms with E-state index in [4.69, 9.17) is 5.11 Å². The first-order valence-corrected chi connectivity index (χ1v) is 5.64. The van der Waals surface area contributed by atoms with E-state index >= 15 is 0 Å². The van der Waals surface area contributed by atoms with E-state index in [9.17, 15) is 5.11 Å². The predicted molar refractivity (Wildman–Crippen MR) is 57.2 cm³/mol. The number of nitrogens with one attached hydrogen (secondary N) is 1. The van der Waals surface area contributed by atoms with Crippen molar-refractivity contribution >= 4 is 0 Å². The van der Waals surface area contributed by atoms with Crippen LogP contribution in [-0.4, -0.2) is 35.5 Å². The lowest BCUT2D eigenvalue weighted by Crippen LogP contribution is -2.41. The van der Waals surface area contributed by atoms with Crippen LogP contribution in [0.2, 0.25) is 0 Å². The number of rotatable bonds is 7. The zero-order chi connectivity index (χ0) is 10.7. The zero-order valence-electron chi connectivity index (χ0n) is 9.34.